The molecule has 1 atom stereocenters. The van der Waals surface area contributed by atoms with Crippen molar-refractivity contribution >= 4 is 11.8 Å². The second-order valence-electron chi connectivity index (χ2n) is 7.51. The van der Waals surface area contributed by atoms with Gasteiger partial charge in [0.15, 0.2) is 0 Å². The summed E-state index contributed by atoms with van der Waals surface area (Å²) in [5.41, 5.74) is -3.88. The third-order valence-electron chi connectivity index (χ3n) is 4.82. The van der Waals surface area contributed by atoms with Crippen molar-refractivity contribution in [1.82, 2.24) is 10.2 Å². The molecule has 0 aromatic carbocycles. The molecule has 1 aliphatic carbocycles. The van der Waals surface area contributed by atoms with Gasteiger partial charge in [-0.2, -0.15) is 13.2 Å². The van der Waals surface area contributed by atoms with Crippen LogP contribution in [0.2, 0.25) is 0 Å². The van der Waals surface area contributed by atoms with E-state index in [4.69, 9.17) is 0 Å². The van der Waals surface area contributed by atoms with Crippen LogP contribution in [0.25, 0.3) is 0 Å². The molecule has 2 nitrogen and oxygen atoms in total. The van der Waals surface area contributed by atoms with Crippen molar-refractivity contribution in [3.8, 4) is 0 Å². The van der Waals surface area contributed by atoms with Crippen LogP contribution in [-0.4, -0.2) is 47.4 Å². The Bertz CT molecular complexity index is 346. The van der Waals surface area contributed by atoms with E-state index in [9.17, 15) is 13.2 Å². The van der Waals surface area contributed by atoms with E-state index in [-0.39, 0.29) is 28.5 Å². The summed E-state index contributed by atoms with van der Waals surface area (Å²) in [6, 6.07) is 0.303. The molecule has 1 N–H and O–H groups in total. The van der Waals surface area contributed by atoms with Crippen LogP contribution in [0.1, 0.15) is 46.5 Å². The van der Waals surface area contributed by atoms with Crippen molar-refractivity contribution in [2.24, 2.45) is 5.41 Å². The predicted molar refractivity (Wildman–Crippen MR) is 82.5 cm³/mol. The van der Waals surface area contributed by atoms with E-state index in [1.807, 2.05) is 0 Å². The number of rotatable bonds is 3. The highest BCUT2D eigenvalue weighted by Crippen LogP contribution is 2.37. The molecule has 1 saturated heterocycles. The van der Waals surface area contributed by atoms with Gasteiger partial charge in [0.1, 0.15) is 0 Å². The van der Waals surface area contributed by atoms with Gasteiger partial charge in [-0.25, -0.2) is 0 Å². The summed E-state index contributed by atoms with van der Waals surface area (Å²) in [6.45, 7) is 8.84. The van der Waals surface area contributed by atoms with Crippen LogP contribution in [-0.2, 0) is 0 Å². The summed E-state index contributed by atoms with van der Waals surface area (Å²) < 4.78 is 37.1. The molecule has 1 aliphatic heterocycles. The topological polar surface area (TPSA) is 15.3 Å². The lowest BCUT2D eigenvalue weighted by molar-refractivity contribution is -0.0332. The van der Waals surface area contributed by atoms with Gasteiger partial charge >= 0.3 is 5.51 Å². The van der Waals surface area contributed by atoms with Crippen LogP contribution in [0.15, 0.2) is 0 Å². The molecular formula is C15H27F3N2S. The van der Waals surface area contributed by atoms with Gasteiger partial charge in [-0.1, -0.05) is 33.6 Å². The average Bonchev–Trinajstić information content (AvgIpc) is 2.74. The highest BCUT2D eigenvalue weighted by Gasteiger charge is 2.44. The highest BCUT2D eigenvalue weighted by molar-refractivity contribution is 8.00. The third kappa shape index (κ3) is 4.76. The Kier molecular flexibility index (Phi) is 5.21. The lowest BCUT2D eigenvalue weighted by Gasteiger charge is -2.50. The molecule has 1 saturated carbocycles. The van der Waals surface area contributed by atoms with Crippen molar-refractivity contribution < 1.29 is 13.2 Å². The average molecular weight is 324 g/mol. The summed E-state index contributed by atoms with van der Waals surface area (Å²) in [5.74, 6) is 0.131. The standard InChI is InChI=1S/C15H27F3N2S/c1-13(2,3)12-10-19-14(6-4-5-7-14)11-20(12)8-9-21-15(16,17)18/h12,19H,4-11H2,1-3H3. The molecule has 2 fully saturated rings. The second-order valence-corrected chi connectivity index (χ2v) is 8.67. The molecular weight excluding hydrogens is 297 g/mol. The molecule has 124 valence electrons. The quantitative estimate of drug-likeness (QED) is 0.848. The first-order valence-corrected chi connectivity index (χ1v) is 8.80. The van der Waals surface area contributed by atoms with E-state index in [2.05, 4.69) is 31.0 Å². The molecule has 0 bridgehead atoms. The van der Waals surface area contributed by atoms with E-state index >= 15 is 0 Å². The number of nitrogens with one attached hydrogen (secondary N) is 1. The predicted octanol–water partition coefficient (Wildman–Crippen LogP) is 3.87. The van der Waals surface area contributed by atoms with Crippen molar-refractivity contribution in [3.05, 3.63) is 0 Å². The third-order valence-corrected chi connectivity index (χ3v) is 5.54. The van der Waals surface area contributed by atoms with E-state index in [1.165, 1.54) is 12.8 Å². The van der Waals surface area contributed by atoms with Gasteiger partial charge in [0, 0.05) is 37.0 Å². The Balaban J connectivity index is 1.99. The van der Waals surface area contributed by atoms with Gasteiger partial charge in [0.05, 0.1) is 0 Å². The molecule has 0 radical (unpaired) electrons. The van der Waals surface area contributed by atoms with E-state index in [0.29, 0.717) is 12.6 Å². The van der Waals surface area contributed by atoms with Gasteiger partial charge in [0.25, 0.3) is 0 Å². The minimum Gasteiger partial charge on any atom is -0.308 e. The van der Waals surface area contributed by atoms with Gasteiger partial charge in [-0.05, 0) is 30.0 Å². The largest absolute Gasteiger partial charge is 0.441 e. The summed E-state index contributed by atoms with van der Waals surface area (Å²) in [7, 11) is 0. The number of thioether (sulfide) groups is 1. The zero-order valence-electron chi connectivity index (χ0n) is 13.2. The van der Waals surface area contributed by atoms with Crippen molar-refractivity contribution in [2.75, 3.05) is 25.4 Å². The number of hydrogen-bond donors (Lipinski definition) is 1. The summed E-state index contributed by atoms with van der Waals surface area (Å²) in [6.07, 6.45) is 4.79. The lowest BCUT2D eigenvalue weighted by Crippen LogP contribution is -2.66. The number of piperazine rings is 1. The maximum Gasteiger partial charge on any atom is 0.441 e. The van der Waals surface area contributed by atoms with Crippen molar-refractivity contribution in [1.29, 1.82) is 0 Å². The molecule has 0 amide bonds. The fourth-order valence-corrected chi connectivity index (χ4v) is 4.31. The molecule has 1 heterocycles. The molecule has 1 unspecified atom stereocenters. The minimum absolute atomic E-state index is 0.0795. The zero-order valence-corrected chi connectivity index (χ0v) is 14.0. The number of nitrogens with zero attached hydrogens (tertiary/aromatic N) is 1. The van der Waals surface area contributed by atoms with Gasteiger partial charge in [-0.3, -0.25) is 4.90 Å². The number of halogens is 3. The number of alkyl halides is 3. The molecule has 0 aromatic rings. The summed E-state index contributed by atoms with van der Waals surface area (Å²) in [5, 5.41) is 3.72. The highest BCUT2D eigenvalue weighted by atomic mass is 32.2. The van der Waals surface area contributed by atoms with Crippen LogP contribution >= 0.6 is 11.8 Å². The first-order valence-electron chi connectivity index (χ1n) is 7.81. The summed E-state index contributed by atoms with van der Waals surface area (Å²) in [4.78, 5) is 2.31. The first-order chi connectivity index (χ1) is 9.61. The van der Waals surface area contributed by atoms with Crippen molar-refractivity contribution in [3.63, 3.8) is 0 Å². The molecule has 6 heteroatoms. The Morgan fingerprint density at radius 2 is 1.81 bits per heavy atom. The second kappa shape index (κ2) is 6.28. The van der Waals surface area contributed by atoms with Crippen LogP contribution in [0, 0.1) is 5.41 Å². The molecule has 21 heavy (non-hydrogen) atoms. The smallest absolute Gasteiger partial charge is 0.308 e. The Morgan fingerprint density at radius 1 is 1.19 bits per heavy atom. The van der Waals surface area contributed by atoms with E-state index < -0.39 is 5.51 Å². The SMILES string of the molecule is CC(C)(C)C1CNC2(CCCC2)CN1CCSC(F)(F)F. The maximum atomic E-state index is 12.4. The van der Waals surface area contributed by atoms with Crippen LogP contribution in [0.4, 0.5) is 13.2 Å². The normalized spacial score (nSPS) is 27.4. The van der Waals surface area contributed by atoms with Crippen LogP contribution in [0.5, 0.6) is 0 Å². The monoisotopic (exact) mass is 324 g/mol. The Morgan fingerprint density at radius 3 is 2.33 bits per heavy atom. The first kappa shape index (κ1) is 17.4. The fourth-order valence-electron chi connectivity index (χ4n) is 3.75. The minimum atomic E-state index is -4.11. The van der Waals surface area contributed by atoms with Gasteiger partial charge in [-0.15, -0.1) is 0 Å². The van der Waals surface area contributed by atoms with E-state index in [0.717, 1.165) is 25.9 Å². The maximum absolute atomic E-state index is 12.4. The Labute approximate surface area is 130 Å². The molecule has 2 rings (SSSR count). The van der Waals surface area contributed by atoms with Crippen LogP contribution < -0.4 is 5.32 Å². The Hall–Kier alpha value is 0.0600. The number of hydrogen-bond acceptors (Lipinski definition) is 3. The van der Waals surface area contributed by atoms with Crippen molar-refractivity contribution in [2.45, 2.75) is 63.5 Å². The molecule has 0 aromatic heterocycles. The van der Waals surface area contributed by atoms with E-state index in [1.54, 1.807) is 0 Å². The summed E-state index contributed by atoms with van der Waals surface area (Å²) >= 11 is 0.109. The lowest BCUT2D eigenvalue weighted by atomic mass is 9.81. The molecule has 2 aliphatic rings. The zero-order chi connectivity index (χ0) is 15.7. The van der Waals surface area contributed by atoms with Gasteiger partial charge in [0.2, 0.25) is 0 Å². The van der Waals surface area contributed by atoms with Crippen LogP contribution in [0.3, 0.4) is 0 Å². The fraction of sp³-hybridized carbons (Fsp3) is 1.00. The molecule has 1 spiro atoms. The van der Waals surface area contributed by atoms with Gasteiger partial charge < -0.3 is 5.32 Å².